The summed E-state index contributed by atoms with van der Waals surface area (Å²) in [4.78, 5) is 11.9. The number of methoxy groups -OCH3 is 2. The second kappa shape index (κ2) is 7.23. The van der Waals surface area contributed by atoms with Gasteiger partial charge >= 0.3 is 0 Å². The van der Waals surface area contributed by atoms with Crippen molar-refractivity contribution in [2.75, 3.05) is 27.3 Å². The number of hydrogen-bond donors (Lipinski definition) is 2. The van der Waals surface area contributed by atoms with E-state index in [0.717, 1.165) is 6.42 Å². The smallest absolute Gasteiger partial charge is 0.251 e. The van der Waals surface area contributed by atoms with Crippen LogP contribution in [-0.4, -0.2) is 33.2 Å². The number of halogens is 1. The quantitative estimate of drug-likeness (QED) is 0.781. The Bertz CT molecular complexity index is 399. The van der Waals surface area contributed by atoms with E-state index in [1.165, 1.54) is 14.2 Å². The zero-order valence-corrected chi connectivity index (χ0v) is 12.0. The number of carbonyl (C=O) groups is 1. The molecule has 100 valence electrons. The molecule has 0 saturated heterocycles. The second-order valence-corrected chi connectivity index (χ2v) is 4.39. The van der Waals surface area contributed by atoms with Crippen LogP contribution < -0.4 is 20.5 Å². The van der Waals surface area contributed by atoms with Crippen LogP contribution in [0.5, 0.6) is 11.5 Å². The van der Waals surface area contributed by atoms with Crippen molar-refractivity contribution in [1.82, 2.24) is 5.32 Å². The lowest BCUT2D eigenvalue weighted by Crippen LogP contribution is -2.26. The molecule has 1 rings (SSSR count). The number of nitrogens with one attached hydrogen (secondary N) is 1. The van der Waals surface area contributed by atoms with E-state index in [9.17, 15) is 4.79 Å². The molecule has 5 nitrogen and oxygen atoms in total. The van der Waals surface area contributed by atoms with Crippen LogP contribution in [0.4, 0.5) is 0 Å². The standard InChI is InChI=1S/C12H17BrN2O3/c1-17-9-6-8(7-10(18-2)11(9)13)12(16)15-5-3-4-14/h6-7H,3-5,14H2,1-2H3,(H,15,16). The van der Waals surface area contributed by atoms with E-state index in [1.54, 1.807) is 12.1 Å². The van der Waals surface area contributed by atoms with Crippen molar-refractivity contribution < 1.29 is 14.3 Å². The Morgan fingerprint density at radius 3 is 2.33 bits per heavy atom. The molecule has 0 heterocycles. The van der Waals surface area contributed by atoms with Gasteiger partial charge in [0, 0.05) is 12.1 Å². The summed E-state index contributed by atoms with van der Waals surface area (Å²) in [6.07, 6.45) is 0.747. The predicted octanol–water partition coefficient (Wildman–Crippen LogP) is 1.54. The van der Waals surface area contributed by atoms with Gasteiger partial charge in [-0.1, -0.05) is 0 Å². The summed E-state index contributed by atoms with van der Waals surface area (Å²) < 4.78 is 11.0. The van der Waals surface area contributed by atoms with Gasteiger partial charge in [0.15, 0.2) is 0 Å². The summed E-state index contributed by atoms with van der Waals surface area (Å²) in [5, 5.41) is 2.78. The Kier molecular flexibility index (Phi) is 5.94. The van der Waals surface area contributed by atoms with E-state index in [1.807, 2.05) is 0 Å². The lowest BCUT2D eigenvalue weighted by atomic mass is 10.2. The maximum atomic E-state index is 11.9. The summed E-state index contributed by atoms with van der Waals surface area (Å²) in [6, 6.07) is 3.31. The highest BCUT2D eigenvalue weighted by Crippen LogP contribution is 2.35. The van der Waals surface area contributed by atoms with Crippen LogP contribution in [0.2, 0.25) is 0 Å². The second-order valence-electron chi connectivity index (χ2n) is 3.59. The Hall–Kier alpha value is -1.27. The molecule has 0 aromatic heterocycles. The minimum Gasteiger partial charge on any atom is -0.495 e. The fourth-order valence-electron chi connectivity index (χ4n) is 1.41. The first-order valence-corrected chi connectivity index (χ1v) is 6.33. The molecule has 3 N–H and O–H groups in total. The van der Waals surface area contributed by atoms with Gasteiger partial charge in [-0.25, -0.2) is 0 Å². The first-order valence-electron chi connectivity index (χ1n) is 5.53. The molecule has 6 heteroatoms. The molecule has 0 radical (unpaired) electrons. The zero-order chi connectivity index (χ0) is 13.5. The van der Waals surface area contributed by atoms with E-state index in [2.05, 4.69) is 21.2 Å². The number of carbonyl (C=O) groups excluding carboxylic acids is 1. The topological polar surface area (TPSA) is 73.6 Å². The fourth-order valence-corrected chi connectivity index (χ4v) is 1.96. The molecule has 0 saturated carbocycles. The van der Waals surface area contributed by atoms with Gasteiger partial charge in [0.25, 0.3) is 5.91 Å². The lowest BCUT2D eigenvalue weighted by molar-refractivity contribution is 0.0952. The SMILES string of the molecule is COc1cc(C(=O)NCCCN)cc(OC)c1Br. The normalized spacial score (nSPS) is 10.0. The molecule has 1 aromatic carbocycles. The van der Waals surface area contributed by atoms with Crippen LogP contribution in [0, 0.1) is 0 Å². The van der Waals surface area contributed by atoms with E-state index in [4.69, 9.17) is 15.2 Å². The summed E-state index contributed by atoms with van der Waals surface area (Å²) in [5.41, 5.74) is 5.86. The monoisotopic (exact) mass is 316 g/mol. The van der Waals surface area contributed by atoms with Crippen LogP contribution in [0.25, 0.3) is 0 Å². The molecule has 0 aliphatic rings. The molecular weight excluding hydrogens is 300 g/mol. The number of rotatable bonds is 6. The lowest BCUT2D eigenvalue weighted by Gasteiger charge is -2.11. The van der Waals surface area contributed by atoms with Gasteiger partial charge in [-0.15, -0.1) is 0 Å². The van der Waals surface area contributed by atoms with Gasteiger partial charge in [0.1, 0.15) is 16.0 Å². The Balaban J connectivity index is 2.91. The van der Waals surface area contributed by atoms with Gasteiger partial charge in [-0.2, -0.15) is 0 Å². The van der Waals surface area contributed by atoms with E-state index in [0.29, 0.717) is 34.6 Å². The highest BCUT2D eigenvalue weighted by atomic mass is 79.9. The van der Waals surface area contributed by atoms with Crippen molar-refractivity contribution in [3.05, 3.63) is 22.2 Å². The average Bonchev–Trinajstić information content (AvgIpc) is 2.39. The Labute approximate surface area is 115 Å². The third-order valence-corrected chi connectivity index (χ3v) is 3.16. The number of hydrogen-bond acceptors (Lipinski definition) is 4. The van der Waals surface area contributed by atoms with Crippen LogP contribution >= 0.6 is 15.9 Å². The van der Waals surface area contributed by atoms with Crippen LogP contribution in [0.3, 0.4) is 0 Å². The molecule has 0 aliphatic heterocycles. The molecule has 1 amide bonds. The maximum Gasteiger partial charge on any atom is 0.251 e. The first kappa shape index (κ1) is 14.8. The molecule has 0 unspecified atom stereocenters. The third kappa shape index (κ3) is 3.61. The number of benzene rings is 1. The summed E-state index contributed by atoms with van der Waals surface area (Å²) >= 11 is 3.35. The zero-order valence-electron chi connectivity index (χ0n) is 10.5. The van der Waals surface area contributed by atoms with Crippen molar-refractivity contribution in [3.63, 3.8) is 0 Å². The number of ether oxygens (including phenoxy) is 2. The van der Waals surface area contributed by atoms with Crippen LogP contribution in [0.15, 0.2) is 16.6 Å². The van der Waals surface area contributed by atoms with Crippen LogP contribution in [0.1, 0.15) is 16.8 Å². The summed E-state index contributed by atoms with van der Waals surface area (Å²) in [6.45, 7) is 1.10. The summed E-state index contributed by atoms with van der Waals surface area (Å²) in [5.74, 6) is 0.934. The van der Waals surface area contributed by atoms with E-state index >= 15 is 0 Å². The minimum absolute atomic E-state index is 0.174. The van der Waals surface area contributed by atoms with Crippen molar-refractivity contribution in [3.8, 4) is 11.5 Å². The molecule has 0 fully saturated rings. The molecular formula is C12H17BrN2O3. The average molecular weight is 317 g/mol. The van der Waals surface area contributed by atoms with E-state index in [-0.39, 0.29) is 5.91 Å². The molecule has 1 aromatic rings. The minimum atomic E-state index is -0.174. The van der Waals surface area contributed by atoms with E-state index < -0.39 is 0 Å². The summed E-state index contributed by atoms with van der Waals surface area (Å²) in [7, 11) is 3.07. The highest BCUT2D eigenvalue weighted by Gasteiger charge is 2.14. The third-order valence-electron chi connectivity index (χ3n) is 2.37. The highest BCUT2D eigenvalue weighted by molar-refractivity contribution is 9.10. The van der Waals surface area contributed by atoms with Gasteiger partial charge < -0.3 is 20.5 Å². The molecule has 18 heavy (non-hydrogen) atoms. The van der Waals surface area contributed by atoms with Gasteiger partial charge in [0.05, 0.1) is 14.2 Å². The Morgan fingerprint density at radius 1 is 1.33 bits per heavy atom. The van der Waals surface area contributed by atoms with Crippen molar-refractivity contribution in [2.24, 2.45) is 5.73 Å². The molecule has 0 bridgehead atoms. The molecule has 0 atom stereocenters. The molecule has 0 aliphatic carbocycles. The fraction of sp³-hybridized carbons (Fsp3) is 0.417. The van der Waals surface area contributed by atoms with Crippen LogP contribution in [-0.2, 0) is 0 Å². The van der Waals surface area contributed by atoms with Gasteiger partial charge in [-0.05, 0) is 41.0 Å². The van der Waals surface area contributed by atoms with Crippen molar-refractivity contribution in [2.45, 2.75) is 6.42 Å². The first-order chi connectivity index (χ1) is 8.63. The van der Waals surface area contributed by atoms with Crippen molar-refractivity contribution >= 4 is 21.8 Å². The maximum absolute atomic E-state index is 11.9. The van der Waals surface area contributed by atoms with Crippen molar-refractivity contribution in [1.29, 1.82) is 0 Å². The molecule has 0 spiro atoms. The predicted molar refractivity (Wildman–Crippen MR) is 73.3 cm³/mol. The number of nitrogens with two attached hydrogens (primary N) is 1. The van der Waals surface area contributed by atoms with Gasteiger partial charge in [0.2, 0.25) is 0 Å². The Morgan fingerprint density at radius 2 is 1.89 bits per heavy atom. The largest absolute Gasteiger partial charge is 0.495 e. The van der Waals surface area contributed by atoms with Gasteiger partial charge in [-0.3, -0.25) is 4.79 Å². The number of amides is 1.